The van der Waals surface area contributed by atoms with E-state index in [1.54, 1.807) is 50.2 Å². The molecule has 34 heavy (non-hydrogen) atoms. The number of hydrogen-bond donors (Lipinski definition) is 1. The number of sulfonamides is 2. The van der Waals surface area contributed by atoms with Crippen molar-refractivity contribution in [1.29, 1.82) is 0 Å². The summed E-state index contributed by atoms with van der Waals surface area (Å²) in [4.78, 5) is 12.8. The second-order valence-corrected chi connectivity index (χ2v) is 11.7. The molecule has 9 nitrogen and oxygen atoms in total. The van der Waals surface area contributed by atoms with Crippen LogP contribution in [0.2, 0.25) is 0 Å². The van der Waals surface area contributed by atoms with Crippen LogP contribution in [-0.2, 0) is 36.0 Å². The van der Waals surface area contributed by atoms with E-state index in [1.807, 2.05) is 0 Å². The Bertz CT molecular complexity index is 1200. The number of ether oxygens (including phenoxy) is 1. The van der Waals surface area contributed by atoms with Crippen LogP contribution >= 0.6 is 0 Å². The number of rotatable bonds is 10. The highest BCUT2D eigenvalue weighted by molar-refractivity contribution is 7.89. The van der Waals surface area contributed by atoms with Gasteiger partial charge in [0.15, 0.2) is 0 Å². The summed E-state index contributed by atoms with van der Waals surface area (Å²) in [5, 5.41) is 2.73. The van der Waals surface area contributed by atoms with Gasteiger partial charge in [0.2, 0.25) is 26.0 Å². The highest BCUT2D eigenvalue weighted by Gasteiger charge is 2.26. The molecule has 186 valence electrons. The molecule has 2 aromatic rings. The minimum Gasteiger partial charge on any atom is -0.379 e. The molecule has 0 aliphatic carbocycles. The Morgan fingerprint density at radius 2 is 1.62 bits per heavy atom. The molecule has 1 fully saturated rings. The first-order valence-electron chi connectivity index (χ1n) is 11.3. The Labute approximate surface area is 201 Å². The summed E-state index contributed by atoms with van der Waals surface area (Å²) < 4.78 is 59.2. The highest BCUT2D eigenvalue weighted by Crippen LogP contribution is 2.21. The third kappa shape index (κ3) is 6.22. The third-order valence-electron chi connectivity index (χ3n) is 5.61. The molecule has 0 atom stereocenters. The quantitative estimate of drug-likeness (QED) is 0.526. The molecule has 0 radical (unpaired) electrons. The number of nitrogens with one attached hydrogen (secondary N) is 1. The number of hydrogen-bond acceptors (Lipinski definition) is 6. The van der Waals surface area contributed by atoms with Gasteiger partial charge in [-0.25, -0.2) is 16.8 Å². The predicted molar refractivity (Wildman–Crippen MR) is 130 cm³/mol. The molecular weight excluding hydrogens is 478 g/mol. The van der Waals surface area contributed by atoms with Crippen molar-refractivity contribution < 1.29 is 26.4 Å². The summed E-state index contributed by atoms with van der Waals surface area (Å²) in [5.41, 5.74) is 1.12. The van der Waals surface area contributed by atoms with Crippen molar-refractivity contribution in [1.82, 2.24) is 8.61 Å². The molecule has 0 saturated carbocycles. The zero-order valence-electron chi connectivity index (χ0n) is 19.4. The maximum atomic E-state index is 12.9. The van der Waals surface area contributed by atoms with Gasteiger partial charge in [-0.15, -0.1) is 0 Å². The van der Waals surface area contributed by atoms with Crippen molar-refractivity contribution in [3.63, 3.8) is 0 Å². The average molecular weight is 510 g/mol. The van der Waals surface area contributed by atoms with Gasteiger partial charge in [-0.05, 0) is 42.3 Å². The molecule has 0 spiro atoms. The monoisotopic (exact) mass is 509 g/mol. The van der Waals surface area contributed by atoms with E-state index in [1.165, 1.54) is 20.7 Å². The number of anilines is 1. The number of aryl methyl sites for hydroxylation is 1. The van der Waals surface area contributed by atoms with Gasteiger partial charge in [0.05, 0.1) is 23.0 Å². The van der Waals surface area contributed by atoms with Gasteiger partial charge in [-0.3, -0.25) is 4.79 Å². The van der Waals surface area contributed by atoms with Crippen molar-refractivity contribution in [3.8, 4) is 0 Å². The fourth-order valence-electron chi connectivity index (χ4n) is 3.73. The number of carbonyl (C=O) groups excluding carboxylic acids is 1. The first kappa shape index (κ1) is 26.3. The smallest absolute Gasteiger partial charge is 0.243 e. The lowest BCUT2D eigenvalue weighted by Crippen LogP contribution is -2.40. The van der Waals surface area contributed by atoms with Gasteiger partial charge in [0.25, 0.3) is 0 Å². The minimum absolute atomic E-state index is 0.119. The van der Waals surface area contributed by atoms with E-state index >= 15 is 0 Å². The van der Waals surface area contributed by atoms with E-state index in [9.17, 15) is 21.6 Å². The summed E-state index contributed by atoms with van der Waals surface area (Å²) in [6.07, 6.45) is 0.462. The van der Waals surface area contributed by atoms with Crippen molar-refractivity contribution >= 4 is 31.6 Å². The van der Waals surface area contributed by atoms with E-state index in [0.717, 1.165) is 5.56 Å². The normalized spacial score (nSPS) is 15.4. The molecule has 1 aliphatic heterocycles. The number of amides is 1. The molecule has 1 heterocycles. The molecule has 0 aromatic heterocycles. The molecule has 1 saturated heterocycles. The molecule has 11 heteroatoms. The molecular formula is C23H31N3O6S2. The van der Waals surface area contributed by atoms with Gasteiger partial charge >= 0.3 is 0 Å². The van der Waals surface area contributed by atoms with Gasteiger partial charge in [-0.2, -0.15) is 8.61 Å². The van der Waals surface area contributed by atoms with Crippen molar-refractivity contribution in [2.45, 2.75) is 36.5 Å². The first-order chi connectivity index (χ1) is 16.2. The molecule has 1 aliphatic rings. The Balaban J connectivity index is 1.64. The van der Waals surface area contributed by atoms with Gasteiger partial charge in [0, 0.05) is 38.3 Å². The Morgan fingerprint density at radius 3 is 2.29 bits per heavy atom. The van der Waals surface area contributed by atoms with Gasteiger partial charge in [0.1, 0.15) is 0 Å². The lowest BCUT2D eigenvalue weighted by molar-refractivity contribution is -0.116. The zero-order chi connectivity index (χ0) is 24.8. The summed E-state index contributed by atoms with van der Waals surface area (Å²) >= 11 is 0. The summed E-state index contributed by atoms with van der Waals surface area (Å²) in [5.74, 6) is -0.293. The van der Waals surface area contributed by atoms with Crippen LogP contribution in [0.25, 0.3) is 0 Å². The maximum Gasteiger partial charge on any atom is 0.243 e. The van der Waals surface area contributed by atoms with E-state index < -0.39 is 20.0 Å². The number of benzene rings is 2. The van der Waals surface area contributed by atoms with Crippen molar-refractivity contribution in [2.75, 3.05) is 44.7 Å². The second-order valence-electron chi connectivity index (χ2n) is 7.83. The van der Waals surface area contributed by atoms with Crippen LogP contribution in [0.1, 0.15) is 25.8 Å². The topological polar surface area (TPSA) is 113 Å². The largest absolute Gasteiger partial charge is 0.379 e. The van der Waals surface area contributed by atoms with Gasteiger partial charge in [-0.1, -0.05) is 32.0 Å². The SMILES string of the molecule is CCN(CC)S(=O)(=O)c1cccc(NC(=O)CCc2cccc(S(=O)(=O)N3CCOCC3)c2)c1. The number of carbonyl (C=O) groups is 1. The lowest BCUT2D eigenvalue weighted by Gasteiger charge is -2.26. The van der Waals surface area contributed by atoms with E-state index in [4.69, 9.17) is 4.74 Å². The fourth-order valence-corrected chi connectivity index (χ4v) is 6.71. The molecule has 0 bridgehead atoms. The first-order valence-corrected chi connectivity index (χ1v) is 14.1. The van der Waals surface area contributed by atoms with Crippen LogP contribution in [0.4, 0.5) is 5.69 Å². The number of morpholine rings is 1. The highest BCUT2D eigenvalue weighted by atomic mass is 32.2. The Kier molecular flexibility index (Phi) is 8.83. The van der Waals surface area contributed by atoms with Crippen LogP contribution in [0.15, 0.2) is 58.3 Å². The van der Waals surface area contributed by atoms with Crippen molar-refractivity contribution in [3.05, 3.63) is 54.1 Å². The standard InChI is InChI=1S/C23H31N3O6S2/c1-3-25(4-2)33(28,29)22-10-6-8-20(18-22)24-23(27)12-11-19-7-5-9-21(17-19)34(30,31)26-13-15-32-16-14-26/h5-10,17-18H,3-4,11-16H2,1-2H3,(H,24,27). The summed E-state index contributed by atoms with van der Waals surface area (Å²) in [6, 6.07) is 12.8. The van der Waals surface area contributed by atoms with Crippen LogP contribution in [0, 0.1) is 0 Å². The molecule has 1 amide bonds. The van der Waals surface area contributed by atoms with Gasteiger partial charge < -0.3 is 10.1 Å². The number of nitrogens with zero attached hydrogens (tertiary/aromatic N) is 2. The van der Waals surface area contributed by atoms with E-state index in [0.29, 0.717) is 51.5 Å². The maximum absolute atomic E-state index is 12.9. The summed E-state index contributed by atoms with van der Waals surface area (Å²) in [6.45, 7) is 5.64. The fraction of sp³-hybridized carbons (Fsp3) is 0.435. The Hall–Kier alpha value is -2.31. The average Bonchev–Trinajstić information content (AvgIpc) is 2.84. The molecule has 0 unspecified atom stereocenters. The lowest BCUT2D eigenvalue weighted by atomic mass is 10.1. The van der Waals surface area contributed by atoms with E-state index in [2.05, 4.69) is 5.32 Å². The molecule has 3 rings (SSSR count). The molecule has 2 aromatic carbocycles. The predicted octanol–water partition coefficient (Wildman–Crippen LogP) is 2.31. The molecule has 1 N–H and O–H groups in total. The second kappa shape index (κ2) is 11.4. The van der Waals surface area contributed by atoms with Crippen LogP contribution < -0.4 is 5.32 Å². The van der Waals surface area contributed by atoms with Crippen LogP contribution in [-0.4, -0.2) is 70.7 Å². The van der Waals surface area contributed by atoms with Crippen LogP contribution in [0.3, 0.4) is 0 Å². The van der Waals surface area contributed by atoms with E-state index in [-0.39, 0.29) is 22.1 Å². The van der Waals surface area contributed by atoms with Crippen LogP contribution in [0.5, 0.6) is 0 Å². The van der Waals surface area contributed by atoms with Crippen molar-refractivity contribution in [2.24, 2.45) is 0 Å². The Morgan fingerprint density at radius 1 is 0.971 bits per heavy atom. The summed E-state index contributed by atoms with van der Waals surface area (Å²) in [7, 11) is -7.24. The minimum atomic E-state index is -3.63. The zero-order valence-corrected chi connectivity index (χ0v) is 21.1. The third-order valence-corrected chi connectivity index (χ3v) is 9.55.